The smallest absolute Gasteiger partial charge is 0.325 e. The molecule has 2 heterocycles. The summed E-state index contributed by atoms with van der Waals surface area (Å²) in [4.78, 5) is 36.7. The van der Waals surface area contributed by atoms with Crippen molar-refractivity contribution >= 4 is 35.3 Å². The molecule has 11 heteroatoms. The van der Waals surface area contributed by atoms with Crippen molar-refractivity contribution in [2.75, 3.05) is 17.6 Å². The standard InChI is InChI=1S/C16H16FN5O4S/c17-10-4-1-2-5-11(10)18-15(25)19-12(23)9-27-16-21-20-13(26-16)8-22-7-3-6-14(22)24/h1-2,4-5H,3,6-9H2,(H2,18,19,23,25). The van der Waals surface area contributed by atoms with Crippen molar-refractivity contribution in [3.8, 4) is 0 Å². The minimum absolute atomic E-state index is 0.0338. The van der Waals surface area contributed by atoms with Crippen LogP contribution in [-0.2, 0) is 16.1 Å². The topological polar surface area (TPSA) is 117 Å². The molecular formula is C16H16FN5O4S. The highest BCUT2D eigenvalue weighted by Crippen LogP contribution is 2.18. The van der Waals surface area contributed by atoms with Crippen molar-refractivity contribution < 1.29 is 23.2 Å². The van der Waals surface area contributed by atoms with Crippen LogP contribution in [0.1, 0.15) is 18.7 Å². The Hall–Kier alpha value is -2.95. The van der Waals surface area contributed by atoms with Crippen molar-refractivity contribution in [1.82, 2.24) is 20.4 Å². The van der Waals surface area contributed by atoms with E-state index in [0.717, 1.165) is 18.2 Å². The predicted molar refractivity (Wildman–Crippen MR) is 93.2 cm³/mol. The molecule has 0 unspecified atom stereocenters. The molecule has 27 heavy (non-hydrogen) atoms. The minimum Gasteiger partial charge on any atom is -0.414 e. The lowest BCUT2D eigenvalue weighted by Crippen LogP contribution is -2.35. The van der Waals surface area contributed by atoms with Crippen molar-refractivity contribution in [1.29, 1.82) is 0 Å². The summed E-state index contributed by atoms with van der Waals surface area (Å²) in [6, 6.07) is 4.76. The van der Waals surface area contributed by atoms with E-state index in [-0.39, 0.29) is 35.0 Å². The fourth-order valence-corrected chi connectivity index (χ4v) is 2.98. The average Bonchev–Trinajstić information content (AvgIpc) is 3.25. The number of hydrogen-bond acceptors (Lipinski definition) is 7. The predicted octanol–water partition coefficient (Wildman–Crippen LogP) is 1.77. The zero-order valence-corrected chi connectivity index (χ0v) is 14.9. The number of halogens is 1. The molecule has 142 valence electrons. The number of nitrogens with one attached hydrogen (secondary N) is 2. The second kappa shape index (κ2) is 8.62. The maximum absolute atomic E-state index is 13.4. The van der Waals surface area contributed by atoms with Crippen LogP contribution in [0.3, 0.4) is 0 Å². The number of thioether (sulfide) groups is 1. The molecule has 9 nitrogen and oxygen atoms in total. The molecule has 0 bridgehead atoms. The Morgan fingerprint density at radius 3 is 2.85 bits per heavy atom. The normalized spacial score (nSPS) is 13.7. The molecule has 0 aliphatic carbocycles. The molecule has 2 N–H and O–H groups in total. The maximum atomic E-state index is 13.4. The number of rotatable bonds is 6. The molecule has 1 aliphatic heterocycles. The summed E-state index contributed by atoms with van der Waals surface area (Å²) in [5.41, 5.74) is -0.0338. The number of para-hydroxylation sites is 1. The van der Waals surface area contributed by atoms with E-state index >= 15 is 0 Å². The lowest BCUT2D eigenvalue weighted by Gasteiger charge is -2.11. The molecule has 4 amide bonds. The van der Waals surface area contributed by atoms with E-state index in [1.54, 1.807) is 11.0 Å². The molecule has 0 spiro atoms. The van der Waals surface area contributed by atoms with E-state index in [4.69, 9.17) is 4.42 Å². The number of carbonyl (C=O) groups excluding carboxylic acids is 3. The van der Waals surface area contributed by atoms with Crippen LogP contribution in [0.15, 0.2) is 33.9 Å². The van der Waals surface area contributed by atoms with Gasteiger partial charge in [0, 0.05) is 13.0 Å². The first-order chi connectivity index (χ1) is 13.0. The first-order valence-corrected chi connectivity index (χ1v) is 9.08. The highest BCUT2D eigenvalue weighted by molar-refractivity contribution is 7.99. The number of amides is 4. The lowest BCUT2D eigenvalue weighted by molar-refractivity contribution is -0.128. The van der Waals surface area contributed by atoms with Crippen molar-refractivity contribution in [2.45, 2.75) is 24.6 Å². The fourth-order valence-electron chi connectivity index (χ4n) is 2.40. The number of aromatic nitrogens is 2. The Morgan fingerprint density at radius 2 is 2.11 bits per heavy atom. The van der Waals surface area contributed by atoms with Gasteiger partial charge < -0.3 is 14.6 Å². The van der Waals surface area contributed by atoms with Crippen LogP contribution in [0, 0.1) is 5.82 Å². The van der Waals surface area contributed by atoms with Gasteiger partial charge in [0.25, 0.3) is 5.22 Å². The largest absolute Gasteiger partial charge is 0.414 e. The van der Waals surface area contributed by atoms with E-state index in [1.807, 2.05) is 0 Å². The third-order valence-corrected chi connectivity index (χ3v) is 4.47. The van der Waals surface area contributed by atoms with Gasteiger partial charge in [0.15, 0.2) is 0 Å². The first kappa shape index (κ1) is 18.8. The van der Waals surface area contributed by atoms with Crippen LogP contribution in [0.25, 0.3) is 0 Å². The van der Waals surface area contributed by atoms with E-state index in [2.05, 4.69) is 20.8 Å². The van der Waals surface area contributed by atoms with E-state index < -0.39 is 17.8 Å². The molecule has 0 atom stereocenters. The second-order valence-electron chi connectivity index (χ2n) is 5.65. The third-order valence-electron chi connectivity index (χ3n) is 3.65. The number of urea groups is 1. The Kier molecular flexibility index (Phi) is 6.01. The Balaban J connectivity index is 1.43. The van der Waals surface area contributed by atoms with Gasteiger partial charge >= 0.3 is 6.03 Å². The van der Waals surface area contributed by atoms with Crippen molar-refractivity contribution in [3.05, 3.63) is 36.0 Å². The zero-order valence-electron chi connectivity index (χ0n) is 14.1. The molecule has 1 aliphatic rings. The van der Waals surface area contributed by atoms with E-state index in [0.29, 0.717) is 13.0 Å². The van der Waals surface area contributed by atoms with Crippen LogP contribution in [-0.4, -0.2) is 45.2 Å². The summed E-state index contributed by atoms with van der Waals surface area (Å²) in [5, 5.41) is 12.1. The van der Waals surface area contributed by atoms with Gasteiger partial charge in [0.1, 0.15) is 5.82 Å². The number of likely N-dealkylation sites (tertiary alicyclic amines) is 1. The van der Waals surface area contributed by atoms with Crippen molar-refractivity contribution in [3.63, 3.8) is 0 Å². The molecule has 1 aromatic carbocycles. The molecule has 1 aromatic heterocycles. The fraction of sp³-hybridized carbons (Fsp3) is 0.312. The van der Waals surface area contributed by atoms with Gasteiger partial charge in [-0.2, -0.15) is 0 Å². The van der Waals surface area contributed by atoms with E-state index in [9.17, 15) is 18.8 Å². The molecular weight excluding hydrogens is 377 g/mol. The van der Waals surface area contributed by atoms with Gasteiger partial charge in [-0.05, 0) is 18.6 Å². The monoisotopic (exact) mass is 393 g/mol. The number of imide groups is 1. The van der Waals surface area contributed by atoms with Crippen LogP contribution < -0.4 is 10.6 Å². The highest BCUT2D eigenvalue weighted by Gasteiger charge is 2.22. The molecule has 2 aromatic rings. The van der Waals surface area contributed by atoms with Gasteiger partial charge in [0.05, 0.1) is 18.0 Å². The van der Waals surface area contributed by atoms with Gasteiger partial charge in [0.2, 0.25) is 17.7 Å². The van der Waals surface area contributed by atoms with Gasteiger partial charge in [-0.3, -0.25) is 14.9 Å². The van der Waals surface area contributed by atoms with Crippen LogP contribution in [0.2, 0.25) is 0 Å². The molecule has 1 saturated heterocycles. The maximum Gasteiger partial charge on any atom is 0.325 e. The number of nitrogens with zero attached hydrogens (tertiary/aromatic N) is 3. The molecule has 3 rings (SSSR count). The van der Waals surface area contributed by atoms with E-state index in [1.165, 1.54) is 18.2 Å². The van der Waals surface area contributed by atoms with Crippen LogP contribution in [0.5, 0.6) is 0 Å². The number of benzene rings is 1. The van der Waals surface area contributed by atoms with Crippen molar-refractivity contribution in [2.24, 2.45) is 0 Å². The summed E-state index contributed by atoms with van der Waals surface area (Å²) >= 11 is 0.950. The lowest BCUT2D eigenvalue weighted by atomic mass is 10.3. The number of hydrogen-bond donors (Lipinski definition) is 2. The summed E-state index contributed by atoms with van der Waals surface area (Å²) in [5.74, 6) is -1.03. The second-order valence-corrected chi connectivity index (χ2v) is 6.58. The summed E-state index contributed by atoms with van der Waals surface area (Å²) < 4.78 is 18.8. The first-order valence-electron chi connectivity index (χ1n) is 8.09. The highest BCUT2D eigenvalue weighted by atomic mass is 32.2. The summed E-state index contributed by atoms with van der Waals surface area (Å²) in [7, 11) is 0. The number of anilines is 1. The zero-order chi connectivity index (χ0) is 19.2. The minimum atomic E-state index is -0.843. The quantitative estimate of drug-likeness (QED) is 0.718. The Bertz CT molecular complexity index is 859. The van der Waals surface area contributed by atoms with Gasteiger partial charge in [-0.1, -0.05) is 23.9 Å². The number of carbonyl (C=O) groups is 3. The van der Waals surface area contributed by atoms with Crippen LogP contribution in [0.4, 0.5) is 14.9 Å². The summed E-state index contributed by atoms with van der Waals surface area (Å²) in [6.45, 7) is 0.896. The average molecular weight is 393 g/mol. The Morgan fingerprint density at radius 1 is 1.30 bits per heavy atom. The van der Waals surface area contributed by atoms with Crippen LogP contribution >= 0.6 is 11.8 Å². The summed E-state index contributed by atoms with van der Waals surface area (Å²) in [6.07, 6.45) is 1.33. The Labute approximate surface area is 157 Å². The molecule has 0 radical (unpaired) electrons. The molecule has 0 saturated carbocycles. The van der Waals surface area contributed by atoms with Gasteiger partial charge in [-0.15, -0.1) is 10.2 Å². The SMILES string of the molecule is O=C(CSc1nnc(CN2CCCC2=O)o1)NC(=O)Nc1ccccc1F. The third kappa shape index (κ3) is 5.26. The molecule has 1 fully saturated rings. The van der Waals surface area contributed by atoms with Gasteiger partial charge in [-0.25, -0.2) is 9.18 Å².